The molecule has 0 radical (unpaired) electrons. The first kappa shape index (κ1) is 28.3. The highest BCUT2D eigenvalue weighted by Gasteiger charge is 2.34. The average Bonchev–Trinajstić information content (AvgIpc) is 2.92. The Morgan fingerprint density at radius 3 is 2.55 bits per heavy atom. The molecule has 9 heteroatoms. The zero-order chi connectivity index (χ0) is 28.8. The normalized spacial score (nSPS) is 16.9. The lowest BCUT2D eigenvalue weighted by Crippen LogP contribution is -2.35. The number of hydrogen-bond donors (Lipinski definition) is 1. The summed E-state index contributed by atoms with van der Waals surface area (Å²) in [7, 11) is 1.56. The second-order valence-electron chi connectivity index (χ2n) is 11.6. The van der Waals surface area contributed by atoms with Crippen LogP contribution in [0, 0.1) is 12.7 Å². The molecular formula is C31H37FN2O6. The molecule has 214 valence electrons. The Bertz CT molecular complexity index is 1520. The molecule has 5 rings (SSSR count). The number of morpholine rings is 1. The van der Waals surface area contributed by atoms with Gasteiger partial charge in [0.2, 0.25) is 0 Å². The molecule has 8 nitrogen and oxygen atoms in total. The summed E-state index contributed by atoms with van der Waals surface area (Å²) in [6.45, 7) is 11.2. The van der Waals surface area contributed by atoms with Crippen LogP contribution in [-0.4, -0.2) is 59.1 Å². The fraction of sp³-hybridized carbons (Fsp3) is 0.484. The molecule has 0 amide bonds. The Morgan fingerprint density at radius 1 is 1.15 bits per heavy atom. The smallest absolute Gasteiger partial charge is 0.339 e. The minimum absolute atomic E-state index is 0.181. The van der Waals surface area contributed by atoms with Crippen LogP contribution in [0.15, 0.2) is 29.1 Å². The SMILES string of the molecule is Cc1c(-c2c(C(OC(C)(C)C)C(=O)O)n(C)c(=O)c3cc(CN4CCOCC4)ccc23)cc(F)c2c1CCCO2. The average molecular weight is 553 g/mol. The molecule has 40 heavy (non-hydrogen) atoms. The van der Waals surface area contributed by atoms with Crippen LogP contribution in [-0.2, 0) is 34.3 Å². The largest absolute Gasteiger partial charge is 0.490 e. The fourth-order valence-electron chi connectivity index (χ4n) is 5.78. The van der Waals surface area contributed by atoms with Gasteiger partial charge in [-0.15, -0.1) is 0 Å². The van der Waals surface area contributed by atoms with E-state index in [1.165, 1.54) is 10.6 Å². The zero-order valence-electron chi connectivity index (χ0n) is 23.8. The molecule has 0 aliphatic carbocycles. The number of aromatic nitrogens is 1. The van der Waals surface area contributed by atoms with Gasteiger partial charge in [0.15, 0.2) is 17.7 Å². The van der Waals surface area contributed by atoms with Gasteiger partial charge >= 0.3 is 5.97 Å². The summed E-state index contributed by atoms with van der Waals surface area (Å²) < 4.78 is 34.0. The van der Waals surface area contributed by atoms with E-state index in [0.717, 1.165) is 36.2 Å². The highest BCUT2D eigenvalue weighted by molar-refractivity contribution is 6.00. The van der Waals surface area contributed by atoms with E-state index in [9.17, 15) is 14.7 Å². The molecule has 3 aromatic rings. The predicted octanol–water partition coefficient (Wildman–Crippen LogP) is 4.75. The lowest BCUT2D eigenvalue weighted by Gasteiger charge is -2.30. The van der Waals surface area contributed by atoms with Gasteiger partial charge in [-0.1, -0.05) is 12.1 Å². The first-order valence-corrected chi connectivity index (χ1v) is 13.8. The van der Waals surface area contributed by atoms with Crippen LogP contribution in [0.5, 0.6) is 5.75 Å². The molecule has 1 unspecified atom stereocenters. The van der Waals surface area contributed by atoms with E-state index in [0.29, 0.717) is 54.7 Å². The molecule has 1 N–H and O–H groups in total. The van der Waals surface area contributed by atoms with E-state index in [2.05, 4.69) is 4.90 Å². The molecule has 2 aliphatic rings. The Hall–Kier alpha value is -3.27. The Labute approximate surface area is 233 Å². The summed E-state index contributed by atoms with van der Waals surface area (Å²) in [5.41, 5.74) is 2.57. The summed E-state index contributed by atoms with van der Waals surface area (Å²) >= 11 is 0. The van der Waals surface area contributed by atoms with Gasteiger partial charge in [-0.25, -0.2) is 9.18 Å². The third kappa shape index (κ3) is 5.38. The van der Waals surface area contributed by atoms with Crippen molar-refractivity contribution in [2.75, 3.05) is 32.9 Å². The van der Waals surface area contributed by atoms with Gasteiger partial charge in [-0.2, -0.15) is 0 Å². The van der Waals surface area contributed by atoms with Crippen LogP contribution in [0.1, 0.15) is 55.7 Å². The minimum Gasteiger partial charge on any atom is -0.490 e. The van der Waals surface area contributed by atoms with E-state index in [1.807, 2.05) is 25.1 Å². The summed E-state index contributed by atoms with van der Waals surface area (Å²) in [6, 6.07) is 7.08. The number of carboxylic acids is 1. The van der Waals surface area contributed by atoms with Crippen molar-refractivity contribution in [3.05, 3.63) is 62.8 Å². The molecule has 1 aromatic heterocycles. The van der Waals surface area contributed by atoms with Crippen LogP contribution in [0.25, 0.3) is 21.9 Å². The van der Waals surface area contributed by atoms with Crippen LogP contribution >= 0.6 is 0 Å². The number of hydrogen-bond acceptors (Lipinski definition) is 6. The number of nitrogens with zero attached hydrogens (tertiary/aromatic N) is 2. The van der Waals surface area contributed by atoms with Gasteiger partial charge in [0.25, 0.3) is 5.56 Å². The van der Waals surface area contributed by atoms with Gasteiger partial charge in [0.1, 0.15) is 0 Å². The number of carbonyl (C=O) groups is 1. The highest BCUT2D eigenvalue weighted by Crippen LogP contribution is 2.43. The summed E-state index contributed by atoms with van der Waals surface area (Å²) in [6.07, 6.45) is -0.0528. The number of carboxylic acid groups (broad SMARTS) is 1. The molecular weight excluding hydrogens is 515 g/mol. The molecule has 0 bridgehead atoms. The van der Waals surface area contributed by atoms with Crippen molar-refractivity contribution in [3.8, 4) is 16.9 Å². The maximum absolute atomic E-state index is 15.5. The fourth-order valence-corrected chi connectivity index (χ4v) is 5.78. The maximum atomic E-state index is 15.5. The number of aliphatic carboxylic acids is 1. The number of ether oxygens (including phenoxy) is 3. The van der Waals surface area contributed by atoms with Gasteiger partial charge in [-0.3, -0.25) is 9.69 Å². The van der Waals surface area contributed by atoms with Crippen molar-refractivity contribution in [1.29, 1.82) is 0 Å². The third-order valence-electron chi connectivity index (χ3n) is 7.67. The van der Waals surface area contributed by atoms with Crippen molar-refractivity contribution in [3.63, 3.8) is 0 Å². The summed E-state index contributed by atoms with van der Waals surface area (Å²) in [5.74, 6) is -1.48. The lowest BCUT2D eigenvalue weighted by atomic mass is 9.87. The van der Waals surface area contributed by atoms with Crippen molar-refractivity contribution in [2.45, 2.75) is 58.8 Å². The maximum Gasteiger partial charge on any atom is 0.339 e. The summed E-state index contributed by atoms with van der Waals surface area (Å²) in [5, 5.41) is 11.3. The van der Waals surface area contributed by atoms with Crippen LogP contribution in [0.2, 0.25) is 0 Å². The third-order valence-corrected chi connectivity index (χ3v) is 7.67. The van der Waals surface area contributed by atoms with Crippen molar-refractivity contribution in [2.24, 2.45) is 7.05 Å². The number of halogens is 1. The number of benzene rings is 2. The molecule has 1 atom stereocenters. The standard InChI is InChI=1S/C31H37FN2O6/c1-18-20-7-6-12-39-27(20)24(32)16-22(18)25-21-9-8-19(17-34-10-13-38-14-11-34)15-23(21)29(35)33(5)26(25)28(30(36)37)40-31(2,3)4/h8-9,15-16,28H,6-7,10-14,17H2,1-5H3,(H,36,37). The highest BCUT2D eigenvalue weighted by atomic mass is 19.1. The molecule has 0 saturated carbocycles. The van der Waals surface area contributed by atoms with Gasteiger partial charge in [0, 0.05) is 43.2 Å². The van der Waals surface area contributed by atoms with Crippen molar-refractivity contribution in [1.82, 2.24) is 9.47 Å². The van der Waals surface area contributed by atoms with Crippen LogP contribution in [0.4, 0.5) is 4.39 Å². The Kier molecular flexibility index (Phi) is 7.74. The van der Waals surface area contributed by atoms with Crippen molar-refractivity contribution >= 4 is 16.7 Å². The minimum atomic E-state index is -1.46. The number of rotatable bonds is 6. The van der Waals surface area contributed by atoms with Crippen molar-refractivity contribution < 1.29 is 28.5 Å². The van der Waals surface area contributed by atoms with Gasteiger partial charge < -0.3 is 23.9 Å². The van der Waals surface area contributed by atoms with E-state index >= 15 is 4.39 Å². The number of fused-ring (bicyclic) bond motifs is 2. The predicted molar refractivity (Wildman–Crippen MR) is 150 cm³/mol. The van der Waals surface area contributed by atoms with Gasteiger partial charge in [-0.05, 0) is 74.7 Å². The first-order chi connectivity index (χ1) is 19.0. The van der Waals surface area contributed by atoms with Crippen LogP contribution in [0.3, 0.4) is 0 Å². The Morgan fingerprint density at radius 2 is 1.88 bits per heavy atom. The molecule has 2 aliphatic heterocycles. The van der Waals surface area contributed by atoms with E-state index in [-0.39, 0.29) is 17.0 Å². The molecule has 2 aromatic carbocycles. The molecule has 0 spiro atoms. The zero-order valence-corrected chi connectivity index (χ0v) is 23.8. The quantitative estimate of drug-likeness (QED) is 0.472. The summed E-state index contributed by atoms with van der Waals surface area (Å²) in [4.78, 5) is 28.8. The molecule has 3 heterocycles. The second-order valence-corrected chi connectivity index (χ2v) is 11.6. The molecule has 1 fully saturated rings. The van der Waals surface area contributed by atoms with E-state index < -0.39 is 23.5 Å². The first-order valence-electron chi connectivity index (χ1n) is 13.8. The van der Waals surface area contributed by atoms with Crippen LogP contribution < -0.4 is 10.3 Å². The van der Waals surface area contributed by atoms with E-state index in [1.54, 1.807) is 27.8 Å². The lowest BCUT2D eigenvalue weighted by molar-refractivity contribution is -0.161. The Balaban J connectivity index is 1.80. The van der Waals surface area contributed by atoms with Gasteiger partial charge in [0.05, 0.1) is 31.1 Å². The second kappa shape index (κ2) is 11.0. The monoisotopic (exact) mass is 552 g/mol. The number of pyridine rings is 1. The van der Waals surface area contributed by atoms with E-state index in [4.69, 9.17) is 14.2 Å². The molecule has 1 saturated heterocycles. The topological polar surface area (TPSA) is 90.2 Å².